The number of hydrogen-bond donors (Lipinski definition) is 2. The highest BCUT2D eigenvalue weighted by Crippen LogP contribution is 2.63. The molecule has 0 saturated carbocycles. The average Bonchev–Trinajstić information content (AvgIpc) is 1.64. The number of hydrogen-bond acceptors (Lipinski definition) is 1. The molecule has 0 N–H and O–H groups in total. The Hall–Kier alpha value is 0.930. The van der Waals surface area contributed by atoms with E-state index in [2.05, 4.69) is 25.0 Å². The molecule has 0 rings (SSSR count). The second-order valence-electron chi connectivity index (χ2n) is 2.07. The van der Waals surface area contributed by atoms with Crippen LogP contribution in [0.4, 0.5) is 0 Å². The molecule has 0 heterocycles. The van der Waals surface area contributed by atoms with Gasteiger partial charge in [-0.2, -0.15) is 0 Å². The number of rotatable bonds is 2. The standard InChI is InChI=1S/C4H15OPS2/c1-7(2)6(5)8(3)4/h6-8H,1-4H3. The molecule has 1 nitrogen and oxygen atoms in total. The molecule has 0 saturated heterocycles. The predicted molar refractivity (Wildman–Crippen MR) is 50.7 cm³/mol. The fourth-order valence-corrected chi connectivity index (χ4v) is 10.8. The molecule has 54 valence electrons. The molecule has 0 spiro atoms. The molecule has 0 aromatic carbocycles. The Morgan fingerprint density at radius 1 is 1.00 bits per heavy atom. The third-order valence-corrected chi connectivity index (χ3v) is 14.1. The van der Waals surface area contributed by atoms with Crippen molar-refractivity contribution >= 4 is 27.2 Å². The fourth-order valence-electron chi connectivity index (χ4n) is 0.400. The summed E-state index contributed by atoms with van der Waals surface area (Å²) in [4.78, 5) is 0. The average molecular weight is 174 g/mol. The van der Waals surface area contributed by atoms with E-state index in [0.717, 1.165) is 0 Å². The summed E-state index contributed by atoms with van der Waals surface area (Å²) in [5.41, 5.74) is 0. The third-order valence-electron chi connectivity index (χ3n) is 0.765. The SMILES string of the molecule is C[SH](C)[PH](=O)[SH](C)C. The van der Waals surface area contributed by atoms with Crippen LogP contribution in [0.15, 0.2) is 0 Å². The molecule has 0 atom stereocenters. The first-order valence-corrected chi connectivity index (χ1v) is 10.0. The maximum atomic E-state index is 11.1. The maximum Gasteiger partial charge on any atom is 0.141 e. The molecular formula is C4H15OPS2. The van der Waals surface area contributed by atoms with E-state index in [-0.39, 0.29) is 21.0 Å². The van der Waals surface area contributed by atoms with Gasteiger partial charge in [-0.05, 0) is 25.0 Å². The zero-order chi connectivity index (χ0) is 6.73. The smallest absolute Gasteiger partial charge is 0.141 e. The van der Waals surface area contributed by atoms with Gasteiger partial charge in [0, 0.05) is 0 Å². The minimum Gasteiger partial charge on any atom is -0.307 e. The molecule has 0 radical (unpaired) electrons. The van der Waals surface area contributed by atoms with Gasteiger partial charge in [-0.25, -0.2) is 21.0 Å². The largest absolute Gasteiger partial charge is 0.307 e. The van der Waals surface area contributed by atoms with E-state index < -0.39 is 6.20 Å². The van der Waals surface area contributed by atoms with Gasteiger partial charge in [0.15, 0.2) is 0 Å². The molecule has 4 heteroatoms. The zero-order valence-corrected chi connectivity index (χ0v) is 8.59. The van der Waals surface area contributed by atoms with Gasteiger partial charge in [0.05, 0.1) is 0 Å². The highest BCUT2D eigenvalue weighted by Gasteiger charge is 2.00. The van der Waals surface area contributed by atoms with Gasteiger partial charge in [0.1, 0.15) is 6.20 Å². The van der Waals surface area contributed by atoms with Crippen molar-refractivity contribution in [1.29, 1.82) is 0 Å². The van der Waals surface area contributed by atoms with Crippen molar-refractivity contribution in [1.82, 2.24) is 0 Å². The molecule has 0 aromatic rings. The fraction of sp³-hybridized carbons (Fsp3) is 1.00. The highest BCUT2D eigenvalue weighted by molar-refractivity contribution is 8.94. The summed E-state index contributed by atoms with van der Waals surface area (Å²) in [7, 11) is -0.252. The minimum absolute atomic E-state index is 0.126. The van der Waals surface area contributed by atoms with Crippen molar-refractivity contribution in [2.45, 2.75) is 0 Å². The summed E-state index contributed by atoms with van der Waals surface area (Å²) >= 11 is 0. The summed E-state index contributed by atoms with van der Waals surface area (Å²) in [6, 6.07) is 0. The van der Waals surface area contributed by atoms with Crippen molar-refractivity contribution in [2.24, 2.45) is 0 Å². The van der Waals surface area contributed by atoms with E-state index in [1.54, 1.807) is 0 Å². The van der Waals surface area contributed by atoms with Crippen LogP contribution >= 0.6 is 27.2 Å². The Labute approximate surface area is 57.2 Å². The van der Waals surface area contributed by atoms with E-state index in [1.165, 1.54) is 0 Å². The first kappa shape index (κ1) is 8.93. The topological polar surface area (TPSA) is 17.1 Å². The van der Waals surface area contributed by atoms with Gasteiger partial charge >= 0.3 is 0 Å². The lowest BCUT2D eigenvalue weighted by Crippen LogP contribution is -1.65. The van der Waals surface area contributed by atoms with Crippen molar-refractivity contribution < 1.29 is 4.57 Å². The van der Waals surface area contributed by atoms with E-state index in [0.29, 0.717) is 0 Å². The van der Waals surface area contributed by atoms with Crippen LogP contribution in [0.1, 0.15) is 0 Å². The molecule has 0 unspecified atom stereocenters. The van der Waals surface area contributed by atoms with Crippen LogP contribution in [0.25, 0.3) is 0 Å². The van der Waals surface area contributed by atoms with Gasteiger partial charge in [0.2, 0.25) is 0 Å². The van der Waals surface area contributed by atoms with Crippen LogP contribution in [0.3, 0.4) is 0 Å². The Bertz CT molecular complexity index is 82.0. The van der Waals surface area contributed by atoms with Crippen LogP contribution < -0.4 is 0 Å². The quantitative estimate of drug-likeness (QED) is 0.483. The lowest BCUT2D eigenvalue weighted by molar-refractivity contribution is 0.603. The second-order valence-corrected chi connectivity index (χ2v) is 15.1. The van der Waals surface area contributed by atoms with E-state index in [1.807, 2.05) is 0 Å². The molecule has 0 amide bonds. The maximum absolute atomic E-state index is 11.1. The van der Waals surface area contributed by atoms with Crippen LogP contribution in [-0.4, -0.2) is 25.0 Å². The lowest BCUT2D eigenvalue weighted by atomic mass is 11.9. The zero-order valence-electron chi connectivity index (χ0n) is 5.80. The van der Waals surface area contributed by atoms with Crippen molar-refractivity contribution in [3.05, 3.63) is 0 Å². The highest BCUT2D eigenvalue weighted by atomic mass is 33.1. The van der Waals surface area contributed by atoms with Gasteiger partial charge in [-0.3, -0.25) is 0 Å². The Balaban J connectivity index is 3.65. The summed E-state index contributed by atoms with van der Waals surface area (Å²) in [5, 5.41) is 0. The van der Waals surface area contributed by atoms with Crippen LogP contribution in [0.2, 0.25) is 0 Å². The molecule has 0 aromatic heterocycles. The Morgan fingerprint density at radius 3 is 1.25 bits per heavy atom. The summed E-state index contributed by atoms with van der Waals surface area (Å²) in [6.45, 7) is 0. The summed E-state index contributed by atoms with van der Waals surface area (Å²) in [6.07, 6.45) is 7.24. The summed E-state index contributed by atoms with van der Waals surface area (Å²) in [5.74, 6) is 0. The molecule has 0 aliphatic rings. The third kappa shape index (κ3) is 3.06. The van der Waals surface area contributed by atoms with Crippen molar-refractivity contribution in [2.75, 3.05) is 25.0 Å². The number of thiol groups is 2. The first-order valence-electron chi connectivity index (χ1n) is 2.44. The predicted octanol–water partition coefficient (Wildman–Crippen LogP) is 1.90. The second kappa shape index (κ2) is 3.86. The van der Waals surface area contributed by atoms with Crippen molar-refractivity contribution in [3.8, 4) is 0 Å². The molecule has 0 aliphatic heterocycles. The van der Waals surface area contributed by atoms with Crippen molar-refractivity contribution in [3.63, 3.8) is 0 Å². The molecular weight excluding hydrogens is 159 g/mol. The first-order chi connectivity index (χ1) is 3.55. The molecule has 0 aliphatic carbocycles. The molecule has 8 heavy (non-hydrogen) atoms. The van der Waals surface area contributed by atoms with Gasteiger partial charge in [-0.1, -0.05) is 0 Å². The summed E-state index contributed by atoms with van der Waals surface area (Å²) < 4.78 is 11.1. The van der Waals surface area contributed by atoms with Crippen LogP contribution in [0.5, 0.6) is 0 Å². The molecule has 0 bridgehead atoms. The van der Waals surface area contributed by atoms with Gasteiger partial charge in [0.25, 0.3) is 0 Å². The van der Waals surface area contributed by atoms with Crippen LogP contribution in [-0.2, 0) is 4.57 Å². The van der Waals surface area contributed by atoms with Gasteiger partial charge < -0.3 is 4.57 Å². The Morgan fingerprint density at radius 2 is 1.25 bits per heavy atom. The van der Waals surface area contributed by atoms with Gasteiger partial charge in [-0.15, -0.1) is 0 Å². The lowest BCUT2D eigenvalue weighted by Gasteiger charge is -2.14. The van der Waals surface area contributed by atoms with E-state index in [9.17, 15) is 4.57 Å². The van der Waals surface area contributed by atoms with E-state index in [4.69, 9.17) is 0 Å². The molecule has 0 fully saturated rings. The Kier molecular flexibility index (Phi) is 4.31. The van der Waals surface area contributed by atoms with E-state index >= 15 is 0 Å². The normalized spacial score (nSPS) is 14.1. The van der Waals surface area contributed by atoms with Crippen LogP contribution in [0, 0.1) is 0 Å². The monoisotopic (exact) mass is 174 g/mol. The minimum atomic E-state index is -1.14.